The normalized spacial score (nSPS) is 11.0. The minimum absolute atomic E-state index is 0.244. The first-order valence-corrected chi connectivity index (χ1v) is 13.4. The van der Waals surface area contributed by atoms with Gasteiger partial charge < -0.3 is 20.4 Å². The van der Waals surface area contributed by atoms with Crippen molar-refractivity contribution in [2.75, 3.05) is 0 Å². The maximum Gasteiger partial charge on any atom is 0.339 e. The molecule has 6 rings (SSSR count). The highest BCUT2D eigenvalue weighted by molar-refractivity contribution is 6.12. The van der Waals surface area contributed by atoms with Crippen LogP contribution in [0, 0.1) is 0 Å². The van der Waals surface area contributed by atoms with E-state index >= 15 is 0 Å². The third-order valence-electron chi connectivity index (χ3n) is 7.52. The summed E-state index contributed by atoms with van der Waals surface area (Å²) < 4.78 is 0. The second-order valence-corrected chi connectivity index (χ2v) is 10.3. The van der Waals surface area contributed by atoms with Crippen molar-refractivity contribution in [3.8, 4) is 22.6 Å². The smallest absolute Gasteiger partial charge is 0.339 e. The molecule has 0 aliphatic carbocycles. The lowest BCUT2D eigenvalue weighted by atomic mass is 9.95. The Morgan fingerprint density at radius 2 is 0.727 bits per heavy atom. The molecule has 8 nitrogen and oxygen atoms in total. The molecule has 8 heteroatoms. The first-order chi connectivity index (χ1) is 21.1. The average molecular weight is 583 g/mol. The predicted molar refractivity (Wildman–Crippen MR) is 164 cm³/mol. The van der Waals surface area contributed by atoms with Gasteiger partial charge in [-0.2, -0.15) is 0 Å². The molecule has 0 unspecified atom stereocenters. The van der Waals surface area contributed by atoms with E-state index in [0.29, 0.717) is 43.8 Å². The molecular weight excluding hydrogens is 560 g/mol. The van der Waals surface area contributed by atoms with Gasteiger partial charge in [-0.1, -0.05) is 72.8 Å². The number of hydrogen-bond donors (Lipinski definition) is 4. The van der Waals surface area contributed by atoms with E-state index < -0.39 is 11.9 Å². The van der Waals surface area contributed by atoms with Crippen LogP contribution in [0.15, 0.2) is 109 Å². The number of phenols is 2. The zero-order valence-electron chi connectivity index (χ0n) is 22.8. The molecule has 0 aromatic heterocycles. The lowest BCUT2D eigenvalue weighted by molar-refractivity contribution is 0.0682. The topological polar surface area (TPSA) is 149 Å². The van der Waals surface area contributed by atoms with Crippen molar-refractivity contribution in [2.24, 2.45) is 0 Å². The van der Waals surface area contributed by atoms with E-state index in [1.165, 1.54) is 24.3 Å². The number of benzene rings is 6. The lowest BCUT2D eigenvalue weighted by Crippen LogP contribution is -2.02. The molecule has 0 saturated heterocycles. The zero-order chi connectivity index (χ0) is 31.1. The van der Waals surface area contributed by atoms with Gasteiger partial charge in [-0.25, -0.2) is 9.59 Å². The standard InChI is InChI=1S/C36H22O8/c37-31-17-23-9-11-25(13-27(23)15-29(31)35(41)42)33(39)21-5-1-19(2-6-21)20-3-7-22(8-4-20)34(40)26-12-10-24-18-32(38)30(36(43)44)16-28(24)14-26/h1-18,37-38H,(H,41,42)(H,43,44). The summed E-state index contributed by atoms with van der Waals surface area (Å²) >= 11 is 0. The number of aromatic carboxylic acids is 2. The Kier molecular flexibility index (Phi) is 6.87. The molecule has 0 amide bonds. The number of hydrogen-bond acceptors (Lipinski definition) is 6. The van der Waals surface area contributed by atoms with Crippen LogP contribution < -0.4 is 0 Å². The number of carbonyl (C=O) groups is 4. The molecule has 0 heterocycles. The quantitative estimate of drug-likeness (QED) is 0.148. The van der Waals surface area contributed by atoms with E-state index in [4.69, 9.17) is 0 Å². The number of carboxylic acid groups (broad SMARTS) is 2. The van der Waals surface area contributed by atoms with Crippen molar-refractivity contribution >= 4 is 45.0 Å². The van der Waals surface area contributed by atoms with Crippen molar-refractivity contribution in [1.29, 1.82) is 0 Å². The molecule has 0 spiro atoms. The first kappa shape index (κ1) is 27.9. The Bertz CT molecular complexity index is 2000. The van der Waals surface area contributed by atoms with Gasteiger partial charge in [0.1, 0.15) is 22.6 Å². The summed E-state index contributed by atoms with van der Waals surface area (Å²) in [5, 5.41) is 40.7. The van der Waals surface area contributed by atoms with Gasteiger partial charge in [0.15, 0.2) is 11.6 Å². The third-order valence-corrected chi connectivity index (χ3v) is 7.52. The molecule has 0 radical (unpaired) electrons. The number of carbonyl (C=O) groups excluding carboxylic acids is 2. The van der Waals surface area contributed by atoms with Crippen LogP contribution in [0.25, 0.3) is 32.7 Å². The van der Waals surface area contributed by atoms with Crippen LogP contribution in [-0.2, 0) is 0 Å². The molecule has 0 aliphatic heterocycles. The highest BCUT2D eigenvalue weighted by Gasteiger charge is 2.16. The van der Waals surface area contributed by atoms with Crippen molar-refractivity contribution in [2.45, 2.75) is 0 Å². The second-order valence-electron chi connectivity index (χ2n) is 10.3. The van der Waals surface area contributed by atoms with Gasteiger partial charge in [0, 0.05) is 22.3 Å². The van der Waals surface area contributed by atoms with Crippen LogP contribution in [0.1, 0.15) is 52.6 Å². The van der Waals surface area contributed by atoms with Crippen LogP contribution in [-0.4, -0.2) is 43.9 Å². The van der Waals surface area contributed by atoms with Crippen molar-refractivity contribution < 1.29 is 39.6 Å². The van der Waals surface area contributed by atoms with Gasteiger partial charge in [-0.15, -0.1) is 0 Å². The van der Waals surface area contributed by atoms with E-state index in [1.807, 2.05) is 0 Å². The Morgan fingerprint density at radius 3 is 1.07 bits per heavy atom. The Hall–Kier alpha value is -6.28. The molecule has 6 aromatic carbocycles. The highest BCUT2D eigenvalue weighted by Crippen LogP contribution is 2.29. The fourth-order valence-corrected chi connectivity index (χ4v) is 5.16. The Labute approximate surface area is 249 Å². The summed E-state index contributed by atoms with van der Waals surface area (Å²) in [4.78, 5) is 49.1. The fourth-order valence-electron chi connectivity index (χ4n) is 5.16. The minimum atomic E-state index is -1.26. The van der Waals surface area contributed by atoms with Gasteiger partial charge in [-0.3, -0.25) is 9.59 Å². The molecule has 6 aromatic rings. The van der Waals surface area contributed by atoms with Gasteiger partial charge in [-0.05, 0) is 69.1 Å². The second kappa shape index (κ2) is 10.8. The van der Waals surface area contributed by atoms with Gasteiger partial charge >= 0.3 is 11.9 Å². The van der Waals surface area contributed by atoms with Crippen LogP contribution in [0.5, 0.6) is 11.5 Å². The summed E-state index contributed by atoms with van der Waals surface area (Å²) in [5.41, 5.74) is 2.79. The predicted octanol–water partition coefficient (Wildman–Crippen LogP) is 6.93. The van der Waals surface area contributed by atoms with Gasteiger partial charge in [0.2, 0.25) is 0 Å². The molecule has 0 aliphatic rings. The monoisotopic (exact) mass is 582 g/mol. The minimum Gasteiger partial charge on any atom is -0.507 e. The Balaban J connectivity index is 1.21. The van der Waals surface area contributed by atoms with E-state index in [-0.39, 0.29) is 34.2 Å². The summed E-state index contributed by atoms with van der Waals surface area (Å²) in [6.07, 6.45) is 0. The zero-order valence-corrected chi connectivity index (χ0v) is 22.8. The summed E-state index contributed by atoms with van der Waals surface area (Å²) in [7, 11) is 0. The van der Waals surface area contributed by atoms with E-state index in [9.17, 15) is 39.6 Å². The molecule has 0 atom stereocenters. The third kappa shape index (κ3) is 5.12. The molecule has 0 fully saturated rings. The number of rotatable bonds is 7. The van der Waals surface area contributed by atoms with Crippen LogP contribution in [0.4, 0.5) is 0 Å². The Morgan fingerprint density at radius 1 is 0.386 bits per heavy atom. The number of carboxylic acids is 2. The van der Waals surface area contributed by atoms with Crippen LogP contribution in [0.3, 0.4) is 0 Å². The molecule has 4 N–H and O–H groups in total. The molecule has 214 valence electrons. The molecule has 44 heavy (non-hydrogen) atoms. The van der Waals surface area contributed by atoms with Crippen molar-refractivity contribution in [1.82, 2.24) is 0 Å². The average Bonchev–Trinajstić information content (AvgIpc) is 3.03. The number of fused-ring (bicyclic) bond motifs is 2. The maximum absolute atomic E-state index is 13.2. The maximum atomic E-state index is 13.2. The van der Waals surface area contributed by atoms with E-state index in [1.54, 1.807) is 84.9 Å². The van der Waals surface area contributed by atoms with Crippen molar-refractivity contribution in [3.05, 3.63) is 143 Å². The first-order valence-electron chi connectivity index (χ1n) is 13.4. The molecular formula is C36H22O8. The van der Waals surface area contributed by atoms with E-state index in [0.717, 1.165) is 11.1 Å². The van der Waals surface area contributed by atoms with Crippen LogP contribution >= 0.6 is 0 Å². The number of aromatic hydroxyl groups is 2. The van der Waals surface area contributed by atoms with Crippen molar-refractivity contribution in [3.63, 3.8) is 0 Å². The SMILES string of the molecule is O=C(c1ccc(-c2ccc(C(=O)c3ccc4cc(O)c(C(=O)O)cc4c3)cc2)cc1)c1ccc2cc(O)c(C(=O)O)cc2c1. The lowest BCUT2D eigenvalue weighted by Gasteiger charge is -2.08. The number of ketones is 2. The summed E-state index contributed by atoms with van der Waals surface area (Å²) in [6, 6.07) is 29.1. The highest BCUT2D eigenvalue weighted by atomic mass is 16.4. The largest absolute Gasteiger partial charge is 0.507 e. The molecule has 0 bridgehead atoms. The van der Waals surface area contributed by atoms with Crippen LogP contribution in [0.2, 0.25) is 0 Å². The van der Waals surface area contributed by atoms with Gasteiger partial charge in [0.05, 0.1) is 0 Å². The molecule has 0 saturated carbocycles. The fraction of sp³-hybridized carbons (Fsp3) is 0. The van der Waals surface area contributed by atoms with Gasteiger partial charge in [0.25, 0.3) is 0 Å². The van der Waals surface area contributed by atoms with E-state index in [2.05, 4.69) is 0 Å². The summed E-state index contributed by atoms with van der Waals surface area (Å²) in [5.74, 6) is -3.70. The summed E-state index contributed by atoms with van der Waals surface area (Å²) in [6.45, 7) is 0.